The molecule has 0 atom stereocenters. The summed E-state index contributed by atoms with van der Waals surface area (Å²) >= 11 is 1.78. The fraction of sp³-hybridized carbons (Fsp3) is 0.556. The zero-order valence-corrected chi connectivity index (χ0v) is 18.8. The predicted octanol–water partition coefficient (Wildman–Crippen LogP) is 1.87. The summed E-state index contributed by atoms with van der Waals surface area (Å²) in [6.07, 6.45) is 2.07. The van der Waals surface area contributed by atoms with Crippen LogP contribution in [-0.4, -0.2) is 74.6 Å². The number of carbonyl (C=O) groups excluding carboxylic acids is 1. The molecule has 1 aromatic carbocycles. The Labute approximate surface area is 178 Å². The summed E-state index contributed by atoms with van der Waals surface area (Å²) in [7, 11) is 0. The second-order valence-corrected chi connectivity index (χ2v) is 6.80. The van der Waals surface area contributed by atoms with Gasteiger partial charge in [-0.3, -0.25) is 4.79 Å². The molecule has 0 bridgehead atoms. The maximum Gasteiger partial charge on any atom is 0.244 e. The number of carbonyl (C=O) groups is 1. The second-order valence-electron chi connectivity index (χ2n) is 5.82. The highest BCUT2D eigenvalue weighted by atomic mass is 127. The van der Waals surface area contributed by atoms with Gasteiger partial charge in [0, 0.05) is 50.7 Å². The number of para-hydroxylation sites is 1. The van der Waals surface area contributed by atoms with Gasteiger partial charge < -0.3 is 20.4 Å². The summed E-state index contributed by atoms with van der Waals surface area (Å²) in [6, 6.07) is 10.4. The normalized spacial score (nSPS) is 14.6. The summed E-state index contributed by atoms with van der Waals surface area (Å²) in [5.74, 6) is 1.82. The first-order chi connectivity index (χ1) is 12.2. The Bertz CT molecular complexity index is 550. The van der Waals surface area contributed by atoms with Gasteiger partial charge in [0.15, 0.2) is 5.96 Å². The Kier molecular flexibility index (Phi) is 11.5. The minimum atomic E-state index is 0. The van der Waals surface area contributed by atoms with Crippen molar-refractivity contribution in [1.82, 2.24) is 15.5 Å². The van der Waals surface area contributed by atoms with Crippen LogP contribution in [0.2, 0.25) is 0 Å². The number of hydrogen-bond acceptors (Lipinski definition) is 4. The Morgan fingerprint density at radius 2 is 1.85 bits per heavy atom. The average molecular weight is 491 g/mol. The van der Waals surface area contributed by atoms with Gasteiger partial charge in [-0.15, -0.1) is 24.0 Å². The SMILES string of the molecule is CCNC(=NCC(=O)N1CCN(c2ccccc2)CC1)NCCSC.I. The molecule has 0 aromatic heterocycles. The molecule has 1 amide bonds. The topological polar surface area (TPSA) is 60.0 Å². The molecule has 0 spiro atoms. The molecule has 1 fully saturated rings. The van der Waals surface area contributed by atoms with Crippen molar-refractivity contribution in [1.29, 1.82) is 0 Å². The van der Waals surface area contributed by atoms with Crippen LogP contribution in [0.15, 0.2) is 35.3 Å². The van der Waals surface area contributed by atoms with E-state index in [0.29, 0.717) is 5.96 Å². The van der Waals surface area contributed by atoms with Gasteiger partial charge >= 0.3 is 0 Å². The maximum absolute atomic E-state index is 12.4. The monoisotopic (exact) mass is 491 g/mol. The predicted molar refractivity (Wildman–Crippen MR) is 123 cm³/mol. The first-order valence-corrected chi connectivity index (χ1v) is 10.2. The largest absolute Gasteiger partial charge is 0.368 e. The molecule has 0 unspecified atom stereocenters. The fourth-order valence-electron chi connectivity index (χ4n) is 2.71. The number of nitrogens with one attached hydrogen (secondary N) is 2. The van der Waals surface area contributed by atoms with E-state index in [-0.39, 0.29) is 36.4 Å². The van der Waals surface area contributed by atoms with Crippen LogP contribution < -0.4 is 15.5 Å². The van der Waals surface area contributed by atoms with Crippen molar-refractivity contribution in [3.05, 3.63) is 30.3 Å². The average Bonchev–Trinajstić information content (AvgIpc) is 2.67. The molecule has 2 N–H and O–H groups in total. The summed E-state index contributed by atoms with van der Waals surface area (Å²) in [6.45, 7) is 7.08. The Balaban J connectivity index is 0.00000338. The number of rotatable bonds is 7. The lowest BCUT2D eigenvalue weighted by Gasteiger charge is -2.36. The standard InChI is InChI=1S/C18H29N5OS.HI/c1-3-19-18(20-9-14-25-2)21-15-17(24)23-12-10-22(11-13-23)16-7-5-4-6-8-16;/h4-8H,3,9-15H2,1-2H3,(H2,19,20,21);1H. The highest BCUT2D eigenvalue weighted by molar-refractivity contribution is 14.0. The Hall–Kier alpha value is -1.16. The molecular weight excluding hydrogens is 461 g/mol. The first-order valence-electron chi connectivity index (χ1n) is 8.83. The molecule has 8 heteroatoms. The van der Waals surface area contributed by atoms with Gasteiger partial charge in [0.1, 0.15) is 6.54 Å². The third-order valence-corrected chi connectivity index (χ3v) is 4.68. The van der Waals surface area contributed by atoms with Crippen LogP contribution in [0.4, 0.5) is 5.69 Å². The highest BCUT2D eigenvalue weighted by Crippen LogP contribution is 2.15. The molecule has 0 aliphatic carbocycles. The molecule has 2 rings (SSSR count). The number of aliphatic imine (C=N–C) groups is 1. The molecular formula is C18H30IN5OS. The van der Waals surface area contributed by atoms with Gasteiger partial charge in [0.2, 0.25) is 5.91 Å². The smallest absolute Gasteiger partial charge is 0.244 e. The van der Waals surface area contributed by atoms with Gasteiger partial charge in [0.25, 0.3) is 0 Å². The van der Waals surface area contributed by atoms with E-state index in [2.05, 4.69) is 38.9 Å². The number of thioether (sulfide) groups is 1. The molecule has 26 heavy (non-hydrogen) atoms. The van der Waals surface area contributed by atoms with Crippen LogP contribution in [0, 0.1) is 0 Å². The van der Waals surface area contributed by atoms with Crippen molar-refractivity contribution in [3.8, 4) is 0 Å². The van der Waals surface area contributed by atoms with Crippen molar-refractivity contribution >= 4 is 53.3 Å². The molecule has 1 heterocycles. The fourth-order valence-corrected chi connectivity index (χ4v) is 3.02. The number of amides is 1. The van der Waals surface area contributed by atoms with E-state index in [1.165, 1.54) is 5.69 Å². The molecule has 1 aliphatic heterocycles. The number of hydrogen-bond donors (Lipinski definition) is 2. The molecule has 1 aromatic rings. The van der Waals surface area contributed by atoms with Crippen LogP contribution in [-0.2, 0) is 4.79 Å². The number of anilines is 1. The van der Waals surface area contributed by atoms with Crippen LogP contribution in [0.5, 0.6) is 0 Å². The van der Waals surface area contributed by atoms with E-state index in [4.69, 9.17) is 0 Å². The summed E-state index contributed by atoms with van der Waals surface area (Å²) in [5, 5.41) is 6.43. The molecule has 146 valence electrons. The van der Waals surface area contributed by atoms with Crippen LogP contribution in [0.1, 0.15) is 6.92 Å². The van der Waals surface area contributed by atoms with Crippen molar-refractivity contribution in [3.63, 3.8) is 0 Å². The van der Waals surface area contributed by atoms with Crippen LogP contribution >= 0.6 is 35.7 Å². The van der Waals surface area contributed by atoms with Gasteiger partial charge in [-0.2, -0.15) is 11.8 Å². The summed E-state index contributed by atoms with van der Waals surface area (Å²) in [4.78, 5) is 21.1. The van der Waals surface area contributed by atoms with Gasteiger partial charge in [-0.1, -0.05) is 18.2 Å². The third-order valence-electron chi connectivity index (χ3n) is 4.07. The van der Waals surface area contributed by atoms with Crippen molar-refractivity contribution in [2.75, 3.05) is 62.7 Å². The number of piperazine rings is 1. The van der Waals surface area contributed by atoms with Crippen molar-refractivity contribution in [2.24, 2.45) is 4.99 Å². The van der Waals surface area contributed by atoms with Gasteiger partial charge in [-0.05, 0) is 25.3 Å². The maximum atomic E-state index is 12.4. The summed E-state index contributed by atoms with van der Waals surface area (Å²) < 4.78 is 0. The summed E-state index contributed by atoms with van der Waals surface area (Å²) in [5.41, 5.74) is 1.22. The van der Waals surface area contributed by atoms with E-state index >= 15 is 0 Å². The van der Waals surface area contributed by atoms with Crippen molar-refractivity contribution < 1.29 is 4.79 Å². The van der Waals surface area contributed by atoms with Crippen LogP contribution in [0.3, 0.4) is 0 Å². The van der Waals surface area contributed by atoms with E-state index < -0.39 is 0 Å². The lowest BCUT2D eigenvalue weighted by molar-refractivity contribution is -0.129. The molecule has 1 aliphatic rings. The van der Waals surface area contributed by atoms with Gasteiger partial charge in [0.05, 0.1) is 0 Å². The quantitative estimate of drug-likeness (QED) is 0.264. The number of benzene rings is 1. The third kappa shape index (κ3) is 7.61. The molecule has 1 saturated heterocycles. The molecule has 0 radical (unpaired) electrons. The zero-order valence-electron chi connectivity index (χ0n) is 15.6. The highest BCUT2D eigenvalue weighted by Gasteiger charge is 2.20. The minimum Gasteiger partial charge on any atom is -0.368 e. The molecule has 0 saturated carbocycles. The van der Waals surface area contributed by atoms with Gasteiger partial charge in [-0.25, -0.2) is 4.99 Å². The van der Waals surface area contributed by atoms with E-state index in [9.17, 15) is 4.79 Å². The Morgan fingerprint density at radius 1 is 1.15 bits per heavy atom. The Morgan fingerprint density at radius 3 is 2.46 bits per heavy atom. The second kappa shape index (κ2) is 13.1. The lowest BCUT2D eigenvalue weighted by atomic mass is 10.2. The number of halogens is 1. The minimum absolute atomic E-state index is 0. The number of nitrogens with zero attached hydrogens (tertiary/aromatic N) is 3. The van der Waals surface area contributed by atoms with E-state index in [0.717, 1.165) is 45.0 Å². The first kappa shape index (κ1) is 22.9. The molecule has 6 nitrogen and oxygen atoms in total. The zero-order chi connectivity index (χ0) is 17.9. The van der Waals surface area contributed by atoms with Crippen LogP contribution in [0.25, 0.3) is 0 Å². The van der Waals surface area contributed by atoms with E-state index in [1.807, 2.05) is 30.0 Å². The van der Waals surface area contributed by atoms with Crippen molar-refractivity contribution in [2.45, 2.75) is 6.92 Å². The number of guanidine groups is 1. The van der Waals surface area contributed by atoms with E-state index in [1.54, 1.807) is 11.8 Å². The lowest BCUT2D eigenvalue weighted by Crippen LogP contribution is -2.49.